The zero-order chi connectivity index (χ0) is 18.1. The predicted octanol–water partition coefficient (Wildman–Crippen LogP) is 3.40. The van der Waals surface area contributed by atoms with E-state index in [2.05, 4.69) is 25.5 Å². The fourth-order valence-electron chi connectivity index (χ4n) is 2.75. The molecule has 1 amide bonds. The van der Waals surface area contributed by atoms with Crippen LogP contribution in [0.3, 0.4) is 0 Å². The van der Waals surface area contributed by atoms with Crippen molar-refractivity contribution >= 4 is 28.3 Å². The number of carbonyl (C=O) groups is 1. The first-order chi connectivity index (χ1) is 12.6. The number of carbonyl (C=O) groups excluding carboxylic acids is 1. The van der Waals surface area contributed by atoms with Gasteiger partial charge >= 0.3 is 0 Å². The molecule has 7 heteroatoms. The number of benzene rings is 1. The lowest BCUT2D eigenvalue weighted by atomic mass is 10.2. The van der Waals surface area contributed by atoms with Gasteiger partial charge in [0.2, 0.25) is 0 Å². The van der Waals surface area contributed by atoms with Gasteiger partial charge in [0, 0.05) is 60.4 Å². The van der Waals surface area contributed by atoms with Gasteiger partial charge in [-0.15, -0.1) is 0 Å². The Morgan fingerprint density at radius 2 is 1.92 bits per heavy atom. The van der Waals surface area contributed by atoms with Gasteiger partial charge in [0.1, 0.15) is 5.82 Å². The van der Waals surface area contributed by atoms with Crippen LogP contribution in [0.1, 0.15) is 10.4 Å². The summed E-state index contributed by atoms with van der Waals surface area (Å²) in [4.78, 5) is 21.3. The zero-order valence-electron chi connectivity index (χ0n) is 14.4. The Morgan fingerprint density at radius 1 is 1.12 bits per heavy atom. The molecule has 3 aromatic heterocycles. The van der Waals surface area contributed by atoms with Crippen LogP contribution in [-0.2, 0) is 0 Å². The second-order valence-corrected chi connectivity index (χ2v) is 6.23. The van der Waals surface area contributed by atoms with E-state index in [1.165, 1.54) is 0 Å². The summed E-state index contributed by atoms with van der Waals surface area (Å²) in [6, 6.07) is 11.3. The smallest absolute Gasteiger partial charge is 0.253 e. The van der Waals surface area contributed by atoms with E-state index in [1.54, 1.807) is 37.3 Å². The van der Waals surface area contributed by atoms with Crippen molar-refractivity contribution in [2.24, 2.45) is 0 Å². The quantitative estimate of drug-likeness (QED) is 0.528. The van der Waals surface area contributed by atoms with E-state index in [0.29, 0.717) is 5.56 Å². The number of pyridine rings is 1. The van der Waals surface area contributed by atoms with Crippen molar-refractivity contribution in [2.45, 2.75) is 0 Å². The minimum Gasteiger partial charge on any atom is -0.354 e. The summed E-state index contributed by atoms with van der Waals surface area (Å²) in [6.45, 7) is 0. The third-order valence-corrected chi connectivity index (χ3v) is 4.12. The van der Waals surface area contributed by atoms with Gasteiger partial charge in [0.25, 0.3) is 5.91 Å². The molecule has 4 aromatic rings. The lowest BCUT2D eigenvalue weighted by Gasteiger charge is -2.11. The van der Waals surface area contributed by atoms with Crippen molar-refractivity contribution in [3.8, 4) is 11.3 Å². The maximum atomic E-state index is 11.9. The molecule has 0 atom stereocenters. The average Bonchev–Trinajstić information content (AvgIpc) is 3.30. The SMILES string of the molecule is CN(C)C(=O)c1ccc(Nc2cc3[nH]c(-c4cn[nH]c4)cc3cn2)cc1. The third-order valence-electron chi connectivity index (χ3n) is 4.12. The summed E-state index contributed by atoms with van der Waals surface area (Å²) in [6.07, 6.45) is 5.43. The minimum atomic E-state index is -0.0192. The van der Waals surface area contributed by atoms with E-state index >= 15 is 0 Å². The molecule has 0 fully saturated rings. The summed E-state index contributed by atoms with van der Waals surface area (Å²) < 4.78 is 0. The van der Waals surface area contributed by atoms with Crippen molar-refractivity contribution in [3.05, 3.63) is 60.6 Å². The highest BCUT2D eigenvalue weighted by Crippen LogP contribution is 2.25. The monoisotopic (exact) mass is 346 g/mol. The number of fused-ring (bicyclic) bond motifs is 1. The average molecular weight is 346 g/mol. The fraction of sp³-hybridized carbons (Fsp3) is 0.105. The highest BCUT2D eigenvalue weighted by molar-refractivity contribution is 5.94. The number of aromatic nitrogens is 4. The normalized spacial score (nSPS) is 10.8. The zero-order valence-corrected chi connectivity index (χ0v) is 14.4. The first-order valence-corrected chi connectivity index (χ1v) is 8.17. The molecular formula is C19H18N6O. The maximum absolute atomic E-state index is 11.9. The predicted molar refractivity (Wildman–Crippen MR) is 101 cm³/mol. The van der Waals surface area contributed by atoms with Gasteiger partial charge in [-0.2, -0.15) is 5.10 Å². The molecule has 3 N–H and O–H groups in total. The number of rotatable bonds is 4. The van der Waals surface area contributed by atoms with Crippen molar-refractivity contribution in [1.82, 2.24) is 25.1 Å². The minimum absolute atomic E-state index is 0.0192. The first kappa shape index (κ1) is 15.9. The van der Waals surface area contributed by atoms with Crippen LogP contribution in [-0.4, -0.2) is 45.1 Å². The highest BCUT2D eigenvalue weighted by atomic mass is 16.2. The number of hydrogen-bond donors (Lipinski definition) is 3. The summed E-state index contributed by atoms with van der Waals surface area (Å²) >= 11 is 0. The molecule has 0 bridgehead atoms. The van der Waals surface area contributed by atoms with Crippen LogP contribution in [0, 0.1) is 0 Å². The Bertz CT molecular complexity index is 1050. The van der Waals surface area contributed by atoms with E-state index in [-0.39, 0.29) is 5.91 Å². The number of nitrogens with zero attached hydrogens (tertiary/aromatic N) is 3. The van der Waals surface area contributed by atoms with E-state index in [9.17, 15) is 4.79 Å². The van der Waals surface area contributed by atoms with Gasteiger partial charge in [-0.25, -0.2) is 4.98 Å². The number of aromatic amines is 2. The lowest BCUT2D eigenvalue weighted by Crippen LogP contribution is -2.21. The number of nitrogens with one attached hydrogen (secondary N) is 3. The van der Waals surface area contributed by atoms with Crippen molar-refractivity contribution in [3.63, 3.8) is 0 Å². The lowest BCUT2D eigenvalue weighted by molar-refractivity contribution is 0.0827. The van der Waals surface area contributed by atoms with Crippen LogP contribution in [0.5, 0.6) is 0 Å². The largest absolute Gasteiger partial charge is 0.354 e. The molecular weight excluding hydrogens is 328 g/mol. The Morgan fingerprint density at radius 3 is 2.62 bits per heavy atom. The van der Waals surface area contributed by atoms with E-state index in [4.69, 9.17) is 0 Å². The second-order valence-electron chi connectivity index (χ2n) is 6.23. The number of anilines is 2. The van der Waals surface area contributed by atoms with Gasteiger partial charge in [-0.05, 0) is 30.3 Å². The molecule has 0 saturated carbocycles. The molecule has 0 aliphatic heterocycles. The van der Waals surface area contributed by atoms with Crippen LogP contribution in [0.15, 0.2) is 55.0 Å². The molecule has 3 heterocycles. The highest BCUT2D eigenvalue weighted by Gasteiger charge is 2.08. The summed E-state index contributed by atoms with van der Waals surface area (Å²) in [5.41, 5.74) is 4.49. The Kier molecular flexibility index (Phi) is 3.89. The van der Waals surface area contributed by atoms with E-state index in [0.717, 1.165) is 33.7 Å². The van der Waals surface area contributed by atoms with Crippen LogP contribution in [0.2, 0.25) is 0 Å². The molecule has 4 rings (SSSR count). The molecule has 26 heavy (non-hydrogen) atoms. The second kappa shape index (κ2) is 6.36. The van der Waals surface area contributed by atoms with Gasteiger partial charge in [0.05, 0.1) is 11.7 Å². The number of H-pyrrole nitrogens is 2. The Balaban J connectivity index is 1.56. The molecule has 0 saturated heterocycles. The molecule has 7 nitrogen and oxygen atoms in total. The molecule has 0 aliphatic rings. The molecule has 0 unspecified atom stereocenters. The van der Waals surface area contributed by atoms with Crippen molar-refractivity contribution < 1.29 is 4.79 Å². The molecule has 0 spiro atoms. The molecule has 0 radical (unpaired) electrons. The van der Waals surface area contributed by atoms with Crippen LogP contribution in [0.25, 0.3) is 22.2 Å². The van der Waals surface area contributed by atoms with Gasteiger partial charge in [0.15, 0.2) is 0 Å². The Labute approximate surface area is 150 Å². The maximum Gasteiger partial charge on any atom is 0.253 e. The van der Waals surface area contributed by atoms with Crippen LogP contribution < -0.4 is 5.32 Å². The van der Waals surface area contributed by atoms with Crippen LogP contribution in [0.4, 0.5) is 11.5 Å². The van der Waals surface area contributed by atoms with Crippen molar-refractivity contribution in [2.75, 3.05) is 19.4 Å². The van der Waals surface area contributed by atoms with Crippen molar-refractivity contribution in [1.29, 1.82) is 0 Å². The first-order valence-electron chi connectivity index (χ1n) is 8.17. The van der Waals surface area contributed by atoms with Gasteiger partial charge in [-0.1, -0.05) is 0 Å². The van der Waals surface area contributed by atoms with Crippen LogP contribution >= 0.6 is 0 Å². The molecule has 1 aromatic carbocycles. The van der Waals surface area contributed by atoms with Gasteiger partial charge in [-0.3, -0.25) is 9.89 Å². The number of amides is 1. The standard InChI is InChI=1S/C19H18N6O/c1-25(2)19(26)12-3-5-15(6-4-12)23-18-8-17-13(9-20-18)7-16(24-17)14-10-21-22-11-14/h3-11,24H,1-2H3,(H,20,23)(H,21,22). The molecule has 0 aliphatic carbocycles. The molecule has 130 valence electrons. The van der Waals surface area contributed by atoms with E-state index < -0.39 is 0 Å². The fourth-order valence-corrected chi connectivity index (χ4v) is 2.75. The summed E-state index contributed by atoms with van der Waals surface area (Å²) in [7, 11) is 3.48. The van der Waals surface area contributed by atoms with Gasteiger partial charge < -0.3 is 15.2 Å². The number of hydrogen-bond acceptors (Lipinski definition) is 4. The summed E-state index contributed by atoms with van der Waals surface area (Å²) in [5.74, 6) is 0.707. The summed E-state index contributed by atoms with van der Waals surface area (Å²) in [5, 5.41) is 11.1. The topological polar surface area (TPSA) is 89.7 Å². The third kappa shape index (κ3) is 3.02. The van der Waals surface area contributed by atoms with E-state index in [1.807, 2.05) is 36.7 Å². The Hall–Kier alpha value is -3.61.